The molecule has 0 aliphatic rings. The van der Waals surface area contributed by atoms with Crippen molar-refractivity contribution >= 4 is 34.6 Å². The number of hydrogen-bond acceptors (Lipinski definition) is 2. The van der Waals surface area contributed by atoms with E-state index in [4.69, 9.17) is 28.6 Å². The molecule has 0 saturated carbocycles. The van der Waals surface area contributed by atoms with Crippen LogP contribution < -0.4 is 15.4 Å². The zero-order valence-corrected chi connectivity index (χ0v) is 16.6. The highest BCUT2D eigenvalue weighted by Gasteiger charge is 2.33. The average molecular weight is 417 g/mol. The quantitative estimate of drug-likeness (QED) is 0.610. The highest BCUT2D eigenvalue weighted by Crippen LogP contribution is 2.36. The van der Waals surface area contributed by atoms with E-state index < -0.39 is 11.7 Å². The van der Waals surface area contributed by atoms with Crippen LogP contribution in [0.1, 0.15) is 23.6 Å². The third kappa shape index (κ3) is 6.29. The van der Waals surface area contributed by atoms with Gasteiger partial charge in [-0.15, -0.1) is 0 Å². The van der Waals surface area contributed by atoms with Gasteiger partial charge in [-0.2, -0.15) is 13.2 Å². The van der Waals surface area contributed by atoms with Gasteiger partial charge in [-0.05, 0) is 74.4 Å². The van der Waals surface area contributed by atoms with Gasteiger partial charge in [0, 0.05) is 5.69 Å². The molecule has 0 aliphatic heterocycles. The summed E-state index contributed by atoms with van der Waals surface area (Å²) < 4.78 is 44.5. The van der Waals surface area contributed by atoms with Crippen molar-refractivity contribution in [1.29, 1.82) is 0 Å². The van der Waals surface area contributed by atoms with Gasteiger partial charge in [-0.3, -0.25) is 0 Å². The second-order valence-electron chi connectivity index (χ2n) is 6.25. The lowest BCUT2D eigenvalue weighted by atomic mass is 10.1. The van der Waals surface area contributed by atoms with Crippen molar-refractivity contribution in [2.24, 2.45) is 0 Å². The largest absolute Gasteiger partial charge is 0.491 e. The van der Waals surface area contributed by atoms with E-state index in [1.54, 1.807) is 0 Å². The standard InChI is InChI=1S/C19H20ClF3N2OS/c1-11-4-6-15(8-12(11)2)26-10-13(3)24-18(27)25-14-5-7-17(20)16(9-14)19(21,22)23/h4-9,13H,10H2,1-3H3,(H2,24,25,27)/t13-/m1/s1. The van der Waals surface area contributed by atoms with Crippen LogP contribution in [0.5, 0.6) is 5.75 Å². The Morgan fingerprint density at radius 1 is 1.15 bits per heavy atom. The fourth-order valence-corrected chi connectivity index (χ4v) is 2.82. The van der Waals surface area contributed by atoms with Gasteiger partial charge in [-0.25, -0.2) is 0 Å². The van der Waals surface area contributed by atoms with Gasteiger partial charge in [0.2, 0.25) is 0 Å². The van der Waals surface area contributed by atoms with E-state index in [1.807, 2.05) is 39.0 Å². The summed E-state index contributed by atoms with van der Waals surface area (Å²) in [6.45, 7) is 6.23. The van der Waals surface area contributed by atoms with Crippen molar-refractivity contribution in [2.75, 3.05) is 11.9 Å². The third-order valence-corrected chi connectivity index (χ3v) is 4.43. The molecule has 8 heteroatoms. The first-order valence-corrected chi connectivity index (χ1v) is 8.99. The Balaban J connectivity index is 1.90. The maximum Gasteiger partial charge on any atom is 0.417 e. The number of benzene rings is 2. The molecule has 27 heavy (non-hydrogen) atoms. The molecule has 146 valence electrons. The number of aryl methyl sites for hydroxylation is 2. The first-order valence-electron chi connectivity index (χ1n) is 8.20. The van der Waals surface area contributed by atoms with Crippen LogP contribution in [0, 0.1) is 13.8 Å². The Morgan fingerprint density at radius 2 is 1.85 bits per heavy atom. The number of anilines is 1. The van der Waals surface area contributed by atoms with Crippen LogP contribution in [-0.4, -0.2) is 17.8 Å². The van der Waals surface area contributed by atoms with E-state index in [0.29, 0.717) is 6.61 Å². The van der Waals surface area contributed by atoms with Crippen molar-refractivity contribution in [1.82, 2.24) is 5.32 Å². The van der Waals surface area contributed by atoms with E-state index >= 15 is 0 Å². The predicted octanol–water partition coefficient (Wildman–Crippen LogP) is 5.73. The first-order chi connectivity index (χ1) is 12.6. The van der Waals surface area contributed by atoms with Crippen molar-refractivity contribution in [3.05, 3.63) is 58.1 Å². The summed E-state index contributed by atoms with van der Waals surface area (Å²) >= 11 is 10.8. The minimum absolute atomic E-state index is 0.152. The Labute approximate surface area is 166 Å². The number of ether oxygens (including phenoxy) is 1. The van der Waals surface area contributed by atoms with Gasteiger partial charge in [-0.1, -0.05) is 17.7 Å². The Hall–Kier alpha value is -1.99. The second kappa shape index (κ2) is 8.80. The fraction of sp³-hybridized carbons (Fsp3) is 0.316. The first kappa shape index (κ1) is 21.3. The Bertz CT molecular complexity index is 827. The summed E-state index contributed by atoms with van der Waals surface area (Å²) in [4.78, 5) is 0. The molecular weight excluding hydrogens is 397 g/mol. The van der Waals surface area contributed by atoms with Gasteiger partial charge >= 0.3 is 6.18 Å². The van der Waals surface area contributed by atoms with Gasteiger partial charge in [0.25, 0.3) is 0 Å². The number of halogens is 4. The molecule has 1 atom stereocenters. The van der Waals surface area contributed by atoms with Crippen LogP contribution in [0.2, 0.25) is 5.02 Å². The molecular formula is C19H20ClF3N2OS. The number of hydrogen-bond donors (Lipinski definition) is 2. The lowest BCUT2D eigenvalue weighted by molar-refractivity contribution is -0.137. The van der Waals surface area contributed by atoms with Gasteiger partial charge in [0.15, 0.2) is 5.11 Å². The highest BCUT2D eigenvalue weighted by molar-refractivity contribution is 7.80. The van der Waals surface area contributed by atoms with Crippen molar-refractivity contribution < 1.29 is 17.9 Å². The molecule has 2 aromatic rings. The topological polar surface area (TPSA) is 33.3 Å². The van der Waals surface area contributed by atoms with Gasteiger partial charge in [0.1, 0.15) is 12.4 Å². The minimum Gasteiger partial charge on any atom is -0.491 e. The summed E-state index contributed by atoms with van der Waals surface area (Å²) in [5.74, 6) is 0.748. The van der Waals surface area contributed by atoms with Gasteiger partial charge in [0.05, 0.1) is 16.6 Å². The summed E-state index contributed by atoms with van der Waals surface area (Å²) in [5, 5.41) is 5.55. The van der Waals surface area contributed by atoms with Crippen LogP contribution in [0.15, 0.2) is 36.4 Å². The second-order valence-corrected chi connectivity index (χ2v) is 7.06. The third-order valence-electron chi connectivity index (χ3n) is 3.89. The van der Waals surface area contributed by atoms with Crippen LogP contribution in [0.3, 0.4) is 0 Å². The summed E-state index contributed by atoms with van der Waals surface area (Å²) in [6, 6.07) is 9.20. The summed E-state index contributed by atoms with van der Waals surface area (Å²) in [5.41, 5.74) is 1.60. The smallest absolute Gasteiger partial charge is 0.417 e. The molecule has 0 fully saturated rings. The molecule has 0 amide bonds. The summed E-state index contributed by atoms with van der Waals surface area (Å²) in [6.07, 6.45) is -4.53. The van der Waals surface area contributed by atoms with Crippen molar-refractivity contribution in [3.63, 3.8) is 0 Å². The Morgan fingerprint density at radius 3 is 2.48 bits per heavy atom. The SMILES string of the molecule is Cc1ccc(OC[C@@H](C)NC(=S)Nc2ccc(Cl)c(C(F)(F)F)c2)cc1C. The van der Waals surface area contributed by atoms with Crippen LogP contribution in [0.4, 0.5) is 18.9 Å². The monoisotopic (exact) mass is 416 g/mol. The summed E-state index contributed by atoms with van der Waals surface area (Å²) in [7, 11) is 0. The normalized spacial score (nSPS) is 12.4. The zero-order valence-electron chi connectivity index (χ0n) is 15.1. The number of nitrogens with one attached hydrogen (secondary N) is 2. The van der Waals surface area contributed by atoms with Crippen LogP contribution >= 0.6 is 23.8 Å². The maximum absolute atomic E-state index is 12.9. The van der Waals surface area contributed by atoms with Crippen molar-refractivity contribution in [2.45, 2.75) is 33.0 Å². The van der Waals surface area contributed by atoms with E-state index in [2.05, 4.69) is 10.6 Å². The molecule has 0 saturated heterocycles. The number of thiocarbonyl (C=S) groups is 1. The van der Waals surface area contributed by atoms with Gasteiger partial charge < -0.3 is 15.4 Å². The zero-order chi connectivity index (χ0) is 20.2. The molecule has 0 aliphatic carbocycles. The maximum atomic E-state index is 12.9. The molecule has 0 aromatic heterocycles. The lowest BCUT2D eigenvalue weighted by Crippen LogP contribution is -2.39. The fourth-order valence-electron chi connectivity index (χ4n) is 2.28. The highest BCUT2D eigenvalue weighted by atomic mass is 35.5. The molecule has 3 nitrogen and oxygen atoms in total. The average Bonchev–Trinajstić information content (AvgIpc) is 2.56. The molecule has 2 N–H and O–H groups in total. The van der Waals surface area contributed by atoms with E-state index in [-0.39, 0.29) is 21.9 Å². The molecule has 0 spiro atoms. The van der Waals surface area contributed by atoms with Crippen molar-refractivity contribution in [3.8, 4) is 5.75 Å². The molecule has 2 rings (SSSR count). The molecule has 0 heterocycles. The van der Waals surface area contributed by atoms with Crippen LogP contribution in [0.25, 0.3) is 0 Å². The Kier molecular flexibility index (Phi) is 6.95. The molecule has 0 radical (unpaired) electrons. The molecule has 0 unspecified atom stereocenters. The van der Waals surface area contributed by atoms with E-state index in [9.17, 15) is 13.2 Å². The lowest BCUT2D eigenvalue weighted by Gasteiger charge is -2.19. The van der Waals surface area contributed by atoms with Crippen LogP contribution in [-0.2, 0) is 6.18 Å². The molecule has 2 aromatic carbocycles. The van der Waals surface area contributed by atoms with E-state index in [0.717, 1.165) is 17.4 Å². The predicted molar refractivity (Wildman–Crippen MR) is 107 cm³/mol. The molecule has 0 bridgehead atoms. The minimum atomic E-state index is -4.53. The van der Waals surface area contributed by atoms with E-state index in [1.165, 1.54) is 17.7 Å². The number of alkyl halides is 3. The number of rotatable bonds is 5.